The first-order valence-corrected chi connectivity index (χ1v) is 5.74. The predicted octanol–water partition coefficient (Wildman–Crippen LogP) is 1.12. The fourth-order valence-corrected chi connectivity index (χ4v) is 1.61. The second-order valence-corrected chi connectivity index (χ2v) is 3.95. The molecule has 0 fully saturated rings. The van der Waals surface area contributed by atoms with Gasteiger partial charge in [0.25, 0.3) is 0 Å². The minimum absolute atomic E-state index is 0.710. The summed E-state index contributed by atoms with van der Waals surface area (Å²) in [7, 11) is 0. The molecular weight excluding hydrogens is 212 g/mol. The maximum absolute atomic E-state index is 5.35. The smallest absolute Gasteiger partial charge is 0.123 e. The molecule has 2 heteroatoms. The Morgan fingerprint density at radius 2 is 1.29 bits per heavy atom. The molecule has 17 heavy (non-hydrogen) atoms. The standard InChI is InChI=1S/C15H16O2/c1-12-8-10-14(16-12)6-4-3-5-7-15-11-9-13(2)17-15/h6-11H,1-5H2/b14-6+,15-7+. The Morgan fingerprint density at radius 3 is 1.65 bits per heavy atom. The largest absolute Gasteiger partial charge is 0.458 e. The van der Waals surface area contributed by atoms with Crippen molar-refractivity contribution in [3.63, 3.8) is 0 Å². The van der Waals surface area contributed by atoms with Crippen LogP contribution in [0, 0.1) is 0 Å². The minimum atomic E-state index is 0.710. The molecule has 0 saturated heterocycles. The Labute approximate surface area is 99.9 Å². The highest BCUT2D eigenvalue weighted by Crippen LogP contribution is 1.96. The first kappa shape index (κ1) is 11.5. The SMILES string of the molecule is C=c1cc/c(=C\CCC/C=c2\ccc(=C)o2)o1. The summed E-state index contributed by atoms with van der Waals surface area (Å²) in [6.07, 6.45) is 7.21. The summed E-state index contributed by atoms with van der Waals surface area (Å²) >= 11 is 0. The maximum atomic E-state index is 5.35. The predicted molar refractivity (Wildman–Crippen MR) is 69.7 cm³/mol. The van der Waals surface area contributed by atoms with E-state index in [9.17, 15) is 0 Å². The van der Waals surface area contributed by atoms with Gasteiger partial charge in [0, 0.05) is 0 Å². The first-order chi connectivity index (χ1) is 8.24. The quantitative estimate of drug-likeness (QED) is 0.733. The first-order valence-electron chi connectivity index (χ1n) is 5.74. The van der Waals surface area contributed by atoms with Crippen molar-refractivity contribution in [2.75, 3.05) is 0 Å². The van der Waals surface area contributed by atoms with Crippen LogP contribution in [-0.4, -0.2) is 0 Å². The van der Waals surface area contributed by atoms with Crippen LogP contribution < -0.4 is 21.7 Å². The van der Waals surface area contributed by atoms with E-state index in [0.717, 1.165) is 30.1 Å². The zero-order valence-electron chi connectivity index (χ0n) is 9.82. The zero-order chi connectivity index (χ0) is 12.1. The van der Waals surface area contributed by atoms with Gasteiger partial charge in [-0.1, -0.05) is 13.2 Å². The van der Waals surface area contributed by atoms with Gasteiger partial charge in [-0.3, -0.25) is 0 Å². The third-order valence-corrected chi connectivity index (χ3v) is 2.46. The summed E-state index contributed by atoms with van der Waals surface area (Å²) in [5.74, 6) is 0. The maximum Gasteiger partial charge on any atom is 0.123 e. The van der Waals surface area contributed by atoms with Gasteiger partial charge in [-0.2, -0.15) is 0 Å². The second-order valence-electron chi connectivity index (χ2n) is 3.95. The second kappa shape index (κ2) is 5.39. The van der Waals surface area contributed by atoms with E-state index in [1.165, 1.54) is 0 Å². The van der Waals surface area contributed by atoms with Crippen LogP contribution in [0.25, 0.3) is 25.3 Å². The van der Waals surface area contributed by atoms with Crippen LogP contribution in [0.1, 0.15) is 19.3 Å². The molecule has 2 heterocycles. The summed E-state index contributed by atoms with van der Waals surface area (Å²) in [6, 6.07) is 7.62. The lowest BCUT2D eigenvalue weighted by atomic mass is 10.2. The Hall–Kier alpha value is -1.96. The molecule has 0 unspecified atom stereocenters. The molecule has 0 N–H and O–H groups in total. The van der Waals surface area contributed by atoms with Gasteiger partial charge in [0.2, 0.25) is 0 Å². The lowest BCUT2D eigenvalue weighted by molar-refractivity contribution is 0.501. The number of hydrogen-bond acceptors (Lipinski definition) is 2. The third kappa shape index (κ3) is 3.52. The van der Waals surface area contributed by atoms with E-state index >= 15 is 0 Å². The van der Waals surface area contributed by atoms with Gasteiger partial charge < -0.3 is 8.83 Å². The fourth-order valence-electron chi connectivity index (χ4n) is 1.61. The molecule has 0 aliphatic carbocycles. The van der Waals surface area contributed by atoms with Crippen LogP contribution in [0.4, 0.5) is 0 Å². The normalized spacial score (nSPS) is 13.4. The Morgan fingerprint density at radius 1 is 0.824 bits per heavy atom. The molecule has 2 aromatic heterocycles. The third-order valence-electron chi connectivity index (χ3n) is 2.46. The minimum Gasteiger partial charge on any atom is -0.458 e. The highest BCUT2D eigenvalue weighted by Gasteiger charge is 1.87. The topological polar surface area (TPSA) is 26.3 Å². The molecule has 0 bridgehead atoms. The summed E-state index contributed by atoms with van der Waals surface area (Å²) in [5.41, 5.74) is 3.21. The van der Waals surface area contributed by atoms with Crippen LogP contribution in [0.5, 0.6) is 0 Å². The van der Waals surface area contributed by atoms with Crippen LogP contribution in [0.3, 0.4) is 0 Å². The van der Waals surface area contributed by atoms with Crippen LogP contribution in [0.15, 0.2) is 33.1 Å². The van der Waals surface area contributed by atoms with Gasteiger partial charge in [-0.15, -0.1) is 0 Å². The average molecular weight is 228 g/mol. The molecule has 88 valence electrons. The van der Waals surface area contributed by atoms with Gasteiger partial charge in [-0.25, -0.2) is 0 Å². The van der Waals surface area contributed by atoms with E-state index < -0.39 is 0 Å². The zero-order valence-corrected chi connectivity index (χ0v) is 9.82. The van der Waals surface area contributed by atoms with E-state index in [1.54, 1.807) is 0 Å². The fraction of sp³-hybridized carbons (Fsp3) is 0.200. The van der Waals surface area contributed by atoms with Crippen LogP contribution >= 0.6 is 0 Å². The van der Waals surface area contributed by atoms with Gasteiger partial charge in [0.1, 0.15) is 21.7 Å². The molecular formula is C15H16O2. The van der Waals surface area contributed by atoms with Crippen molar-refractivity contribution >= 4 is 25.3 Å². The molecule has 2 nitrogen and oxygen atoms in total. The van der Waals surface area contributed by atoms with Gasteiger partial charge >= 0.3 is 0 Å². The number of rotatable bonds is 4. The average Bonchev–Trinajstić information content (AvgIpc) is 2.88. The van der Waals surface area contributed by atoms with E-state index in [0.29, 0.717) is 10.8 Å². The van der Waals surface area contributed by atoms with Crippen molar-refractivity contribution in [2.45, 2.75) is 19.3 Å². The van der Waals surface area contributed by atoms with E-state index in [2.05, 4.69) is 25.3 Å². The van der Waals surface area contributed by atoms with Gasteiger partial charge in [-0.05, 0) is 55.7 Å². The number of unbranched alkanes of at least 4 members (excludes halogenated alkanes) is 2. The number of furan rings is 2. The molecule has 0 atom stereocenters. The molecule has 0 spiro atoms. The van der Waals surface area contributed by atoms with E-state index in [4.69, 9.17) is 8.83 Å². The summed E-state index contributed by atoms with van der Waals surface area (Å²) in [5, 5.41) is 0. The molecule has 0 aliphatic rings. The van der Waals surface area contributed by atoms with Crippen molar-refractivity contribution in [1.82, 2.24) is 0 Å². The summed E-state index contributed by atoms with van der Waals surface area (Å²) in [4.78, 5) is 0. The molecule has 2 aromatic rings. The highest BCUT2D eigenvalue weighted by atomic mass is 16.3. The van der Waals surface area contributed by atoms with Crippen LogP contribution in [-0.2, 0) is 0 Å². The Bertz CT molecular complexity index is 613. The Balaban J connectivity index is 1.85. The number of hydrogen-bond donors (Lipinski definition) is 0. The van der Waals surface area contributed by atoms with Crippen LogP contribution in [0.2, 0.25) is 0 Å². The molecule has 2 rings (SSSR count). The molecule has 0 aromatic carbocycles. The molecule has 0 radical (unpaired) electrons. The van der Waals surface area contributed by atoms with Crippen molar-refractivity contribution in [1.29, 1.82) is 0 Å². The van der Waals surface area contributed by atoms with E-state index in [-0.39, 0.29) is 0 Å². The van der Waals surface area contributed by atoms with Crippen molar-refractivity contribution in [3.8, 4) is 0 Å². The summed E-state index contributed by atoms with van der Waals surface area (Å²) < 4.78 is 10.7. The lowest BCUT2D eigenvalue weighted by Gasteiger charge is -1.87. The van der Waals surface area contributed by atoms with Gasteiger partial charge in [0.05, 0.1) is 0 Å². The molecule has 0 aliphatic heterocycles. The van der Waals surface area contributed by atoms with Crippen molar-refractivity contribution < 1.29 is 8.83 Å². The Kier molecular flexibility index (Phi) is 3.66. The van der Waals surface area contributed by atoms with Crippen molar-refractivity contribution in [3.05, 3.63) is 45.9 Å². The molecule has 0 amide bonds. The lowest BCUT2D eigenvalue weighted by Crippen LogP contribution is -1.97. The van der Waals surface area contributed by atoms with E-state index in [1.807, 2.05) is 24.3 Å². The van der Waals surface area contributed by atoms with Crippen molar-refractivity contribution in [2.24, 2.45) is 0 Å². The van der Waals surface area contributed by atoms with Gasteiger partial charge in [0.15, 0.2) is 0 Å². The summed E-state index contributed by atoms with van der Waals surface area (Å²) in [6.45, 7) is 7.43. The molecule has 0 saturated carbocycles. The monoisotopic (exact) mass is 228 g/mol. The highest BCUT2D eigenvalue weighted by molar-refractivity contribution is 5.21.